The maximum atomic E-state index is 12.0. The Morgan fingerprint density at radius 1 is 1.55 bits per heavy atom. The zero-order valence-electron chi connectivity index (χ0n) is 12.0. The number of aliphatic imine (C=N–C) groups is 1. The van der Waals surface area contributed by atoms with Crippen molar-refractivity contribution in [3.05, 3.63) is 35.4 Å². The minimum absolute atomic E-state index is 0.0283. The average Bonchev–Trinajstić information content (AvgIpc) is 2.44. The van der Waals surface area contributed by atoms with Gasteiger partial charge in [-0.05, 0) is 37.5 Å². The van der Waals surface area contributed by atoms with Crippen LogP contribution in [-0.2, 0) is 5.54 Å². The van der Waals surface area contributed by atoms with Crippen LogP contribution in [0.3, 0.4) is 0 Å². The summed E-state index contributed by atoms with van der Waals surface area (Å²) in [5.74, 6) is 0.928. The number of amides is 1. The SMILES string of the molecule is CCCNC(=O)c1cccc(C2(C)CCSC(N)=N2)c1. The third-order valence-corrected chi connectivity index (χ3v) is 4.27. The van der Waals surface area contributed by atoms with Gasteiger partial charge in [-0.3, -0.25) is 9.79 Å². The standard InChI is InChI=1S/C15H21N3OS/c1-3-8-17-13(19)11-5-4-6-12(10-11)15(2)7-9-20-14(16)18-15/h4-6,10H,3,7-9H2,1-2H3,(H2,16,18)(H,17,19). The van der Waals surface area contributed by atoms with E-state index in [1.165, 1.54) is 0 Å². The fourth-order valence-electron chi connectivity index (χ4n) is 2.23. The average molecular weight is 291 g/mol. The van der Waals surface area contributed by atoms with E-state index in [-0.39, 0.29) is 11.4 Å². The molecule has 108 valence electrons. The van der Waals surface area contributed by atoms with Crippen LogP contribution in [0.15, 0.2) is 29.3 Å². The second-order valence-corrected chi connectivity index (χ2v) is 6.27. The van der Waals surface area contributed by atoms with Crippen LogP contribution in [0.5, 0.6) is 0 Å². The highest BCUT2D eigenvalue weighted by molar-refractivity contribution is 8.13. The number of thioether (sulfide) groups is 1. The van der Waals surface area contributed by atoms with Crippen molar-refractivity contribution in [1.82, 2.24) is 5.32 Å². The molecule has 1 aromatic rings. The molecular weight excluding hydrogens is 270 g/mol. The summed E-state index contributed by atoms with van der Waals surface area (Å²) in [5.41, 5.74) is 7.25. The zero-order chi connectivity index (χ0) is 14.6. The van der Waals surface area contributed by atoms with Crippen LogP contribution in [0.25, 0.3) is 0 Å². The minimum Gasteiger partial charge on any atom is -0.379 e. The van der Waals surface area contributed by atoms with E-state index >= 15 is 0 Å². The van der Waals surface area contributed by atoms with Crippen molar-refractivity contribution in [3.63, 3.8) is 0 Å². The lowest BCUT2D eigenvalue weighted by Gasteiger charge is -2.30. The molecular formula is C15H21N3OS. The van der Waals surface area contributed by atoms with Gasteiger partial charge in [0, 0.05) is 17.9 Å². The number of benzene rings is 1. The van der Waals surface area contributed by atoms with Gasteiger partial charge in [0.1, 0.15) is 0 Å². The van der Waals surface area contributed by atoms with Gasteiger partial charge in [0.05, 0.1) is 5.54 Å². The number of hydrogen-bond acceptors (Lipinski definition) is 4. The van der Waals surface area contributed by atoms with Crippen LogP contribution < -0.4 is 11.1 Å². The van der Waals surface area contributed by atoms with Crippen molar-refractivity contribution >= 4 is 22.8 Å². The van der Waals surface area contributed by atoms with E-state index in [0.717, 1.165) is 24.2 Å². The molecule has 0 spiro atoms. The quantitative estimate of drug-likeness (QED) is 0.895. The third-order valence-electron chi connectivity index (χ3n) is 3.48. The van der Waals surface area contributed by atoms with Crippen molar-refractivity contribution in [1.29, 1.82) is 0 Å². The Morgan fingerprint density at radius 3 is 3.05 bits per heavy atom. The van der Waals surface area contributed by atoms with E-state index < -0.39 is 0 Å². The van der Waals surface area contributed by atoms with Gasteiger partial charge in [-0.1, -0.05) is 30.8 Å². The molecule has 1 unspecified atom stereocenters. The highest BCUT2D eigenvalue weighted by atomic mass is 32.2. The first-order valence-corrected chi connectivity index (χ1v) is 7.90. The molecule has 20 heavy (non-hydrogen) atoms. The molecule has 5 heteroatoms. The summed E-state index contributed by atoms with van der Waals surface area (Å²) in [6.07, 6.45) is 1.86. The molecule has 0 saturated heterocycles. The topological polar surface area (TPSA) is 67.5 Å². The first-order chi connectivity index (χ1) is 9.55. The summed E-state index contributed by atoms with van der Waals surface area (Å²) in [6, 6.07) is 7.69. The fourth-order valence-corrected chi connectivity index (χ4v) is 3.21. The molecule has 1 aliphatic rings. The first-order valence-electron chi connectivity index (χ1n) is 6.92. The smallest absolute Gasteiger partial charge is 0.251 e. The summed E-state index contributed by atoms with van der Waals surface area (Å²) in [5, 5.41) is 3.52. The summed E-state index contributed by atoms with van der Waals surface area (Å²) in [4.78, 5) is 16.6. The molecule has 1 aromatic carbocycles. The van der Waals surface area contributed by atoms with E-state index in [0.29, 0.717) is 17.3 Å². The highest BCUT2D eigenvalue weighted by Crippen LogP contribution is 2.35. The third kappa shape index (κ3) is 3.33. The van der Waals surface area contributed by atoms with E-state index in [1.54, 1.807) is 11.8 Å². The molecule has 1 atom stereocenters. The maximum absolute atomic E-state index is 12.0. The predicted octanol–water partition coefficient (Wildman–Crippen LogP) is 2.49. The Kier molecular flexibility index (Phi) is 4.70. The van der Waals surface area contributed by atoms with Crippen molar-refractivity contribution in [3.8, 4) is 0 Å². The largest absolute Gasteiger partial charge is 0.379 e. The molecule has 1 aliphatic heterocycles. The van der Waals surface area contributed by atoms with Crippen LogP contribution in [0.4, 0.5) is 0 Å². The van der Waals surface area contributed by atoms with Crippen molar-refractivity contribution in [2.24, 2.45) is 10.7 Å². The predicted molar refractivity (Wildman–Crippen MR) is 85.1 cm³/mol. The normalized spacial score (nSPS) is 22.2. The van der Waals surface area contributed by atoms with Crippen molar-refractivity contribution in [2.75, 3.05) is 12.3 Å². The molecule has 0 saturated carbocycles. The molecule has 0 fully saturated rings. The van der Waals surface area contributed by atoms with Gasteiger partial charge >= 0.3 is 0 Å². The summed E-state index contributed by atoms with van der Waals surface area (Å²) in [6.45, 7) is 4.81. The zero-order valence-corrected chi connectivity index (χ0v) is 12.8. The molecule has 1 amide bonds. The summed E-state index contributed by atoms with van der Waals surface area (Å²) in [7, 11) is 0. The van der Waals surface area contributed by atoms with Crippen LogP contribution in [-0.4, -0.2) is 23.4 Å². The van der Waals surface area contributed by atoms with Gasteiger partial charge in [0.2, 0.25) is 0 Å². The molecule has 2 rings (SSSR count). The van der Waals surface area contributed by atoms with Gasteiger partial charge in [0.15, 0.2) is 5.17 Å². The van der Waals surface area contributed by atoms with Gasteiger partial charge < -0.3 is 11.1 Å². The monoisotopic (exact) mass is 291 g/mol. The Morgan fingerprint density at radius 2 is 2.35 bits per heavy atom. The molecule has 4 nitrogen and oxygen atoms in total. The maximum Gasteiger partial charge on any atom is 0.251 e. The molecule has 0 radical (unpaired) electrons. The molecule has 0 aliphatic carbocycles. The number of hydrogen-bond donors (Lipinski definition) is 2. The number of carbonyl (C=O) groups excluding carboxylic acids is 1. The van der Waals surface area contributed by atoms with Gasteiger partial charge in [0.25, 0.3) is 5.91 Å². The van der Waals surface area contributed by atoms with E-state index in [1.807, 2.05) is 31.2 Å². The number of nitrogens with zero attached hydrogens (tertiary/aromatic N) is 1. The van der Waals surface area contributed by atoms with E-state index in [4.69, 9.17) is 5.73 Å². The second kappa shape index (κ2) is 6.31. The lowest BCUT2D eigenvalue weighted by atomic mass is 9.88. The Hall–Kier alpha value is -1.49. The Labute approximate surface area is 124 Å². The molecule has 3 N–H and O–H groups in total. The number of nitrogens with one attached hydrogen (secondary N) is 1. The number of nitrogens with two attached hydrogens (primary N) is 1. The minimum atomic E-state index is -0.323. The first kappa shape index (κ1) is 14.9. The number of amidine groups is 1. The molecule has 0 aromatic heterocycles. The van der Waals surface area contributed by atoms with Gasteiger partial charge in [-0.15, -0.1) is 0 Å². The number of carbonyl (C=O) groups is 1. The van der Waals surface area contributed by atoms with Gasteiger partial charge in [-0.25, -0.2) is 0 Å². The Bertz CT molecular complexity index is 530. The van der Waals surface area contributed by atoms with Crippen molar-refractivity contribution < 1.29 is 4.79 Å². The Balaban J connectivity index is 2.25. The fraction of sp³-hybridized carbons (Fsp3) is 0.467. The number of rotatable bonds is 4. The van der Waals surface area contributed by atoms with Gasteiger partial charge in [-0.2, -0.15) is 0 Å². The van der Waals surface area contributed by atoms with E-state index in [2.05, 4.69) is 17.2 Å². The summed E-state index contributed by atoms with van der Waals surface area (Å²) >= 11 is 1.59. The lowest BCUT2D eigenvalue weighted by molar-refractivity contribution is 0.0953. The van der Waals surface area contributed by atoms with Crippen LogP contribution >= 0.6 is 11.8 Å². The lowest BCUT2D eigenvalue weighted by Crippen LogP contribution is -2.29. The van der Waals surface area contributed by atoms with Crippen molar-refractivity contribution in [2.45, 2.75) is 32.2 Å². The second-order valence-electron chi connectivity index (χ2n) is 5.16. The van der Waals surface area contributed by atoms with E-state index in [9.17, 15) is 4.79 Å². The van der Waals surface area contributed by atoms with Crippen LogP contribution in [0.1, 0.15) is 42.6 Å². The molecule has 0 bridgehead atoms. The summed E-state index contributed by atoms with van der Waals surface area (Å²) < 4.78 is 0. The molecule has 1 heterocycles. The van der Waals surface area contributed by atoms with Crippen LogP contribution in [0.2, 0.25) is 0 Å². The highest BCUT2D eigenvalue weighted by Gasteiger charge is 2.29. The van der Waals surface area contributed by atoms with Crippen LogP contribution in [0, 0.1) is 0 Å².